The summed E-state index contributed by atoms with van der Waals surface area (Å²) in [5.74, 6) is 4.09. The second-order valence-electron chi connectivity index (χ2n) is 11.3. The maximum Gasteiger partial charge on any atom is 0.0601 e. The lowest BCUT2D eigenvalue weighted by Gasteiger charge is -2.62. The van der Waals surface area contributed by atoms with Gasteiger partial charge in [0.25, 0.3) is 0 Å². The largest absolute Gasteiger partial charge is 0.393 e. The Morgan fingerprint density at radius 1 is 0.913 bits per heavy atom. The molecule has 0 aromatic heterocycles. The second-order valence-corrected chi connectivity index (χ2v) is 11.3. The molecule has 132 valence electrons. The minimum Gasteiger partial charge on any atom is -0.393 e. The van der Waals surface area contributed by atoms with Gasteiger partial charge in [0.1, 0.15) is 0 Å². The van der Waals surface area contributed by atoms with Gasteiger partial charge in [-0.15, -0.1) is 0 Å². The van der Waals surface area contributed by atoms with Crippen LogP contribution in [-0.4, -0.2) is 11.2 Å². The van der Waals surface area contributed by atoms with E-state index < -0.39 is 0 Å². The SMILES string of the molecule is CC1CC(O)[C@@]2(C)C(CC[C@@H]3[C@H]2CC[C@]2(C)CC(C)(C)C[C@@H]32)C1. The molecule has 23 heavy (non-hydrogen) atoms. The van der Waals surface area contributed by atoms with Crippen molar-refractivity contribution >= 4 is 0 Å². The van der Waals surface area contributed by atoms with Crippen LogP contribution in [0.15, 0.2) is 0 Å². The molecule has 0 aromatic rings. The van der Waals surface area contributed by atoms with E-state index in [2.05, 4.69) is 34.6 Å². The van der Waals surface area contributed by atoms with E-state index in [-0.39, 0.29) is 11.5 Å². The number of hydrogen-bond acceptors (Lipinski definition) is 1. The number of rotatable bonds is 0. The molecule has 4 rings (SSSR count). The summed E-state index contributed by atoms with van der Waals surface area (Å²) in [6.45, 7) is 12.4. The highest BCUT2D eigenvalue weighted by atomic mass is 16.3. The van der Waals surface area contributed by atoms with E-state index >= 15 is 0 Å². The quantitative estimate of drug-likeness (QED) is 0.611. The van der Waals surface area contributed by atoms with E-state index in [0.717, 1.165) is 36.0 Å². The molecule has 0 aliphatic heterocycles. The molecule has 1 heteroatoms. The van der Waals surface area contributed by atoms with Gasteiger partial charge in [0.15, 0.2) is 0 Å². The zero-order valence-corrected chi connectivity index (χ0v) is 16.1. The molecule has 0 radical (unpaired) electrons. The zero-order chi connectivity index (χ0) is 16.6. The molecular formula is C22H38O. The summed E-state index contributed by atoms with van der Waals surface area (Å²) in [5.41, 5.74) is 1.33. The Balaban J connectivity index is 1.66. The molecule has 4 saturated carbocycles. The first-order chi connectivity index (χ1) is 10.7. The summed E-state index contributed by atoms with van der Waals surface area (Å²) >= 11 is 0. The Hall–Kier alpha value is -0.0400. The maximum absolute atomic E-state index is 11.1. The van der Waals surface area contributed by atoms with Crippen molar-refractivity contribution < 1.29 is 5.11 Å². The van der Waals surface area contributed by atoms with E-state index in [1.165, 1.54) is 44.9 Å². The Labute approximate surface area is 143 Å². The molecule has 0 bridgehead atoms. The topological polar surface area (TPSA) is 20.2 Å². The van der Waals surface area contributed by atoms with Gasteiger partial charge in [-0.2, -0.15) is 0 Å². The molecule has 0 spiro atoms. The fourth-order valence-electron chi connectivity index (χ4n) is 8.35. The van der Waals surface area contributed by atoms with Gasteiger partial charge >= 0.3 is 0 Å². The number of aliphatic hydroxyl groups excluding tert-OH is 1. The molecule has 0 aromatic carbocycles. The van der Waals surface area contributed by atoms with Crippen molar-refractivity contribution in [1.29, 1.82) is 0 Å². The molecular weight excluding hydrogens is 280 g/mol. The number of hydrogen-bond donors (Lipinski definition) is 1. The third-order valence-corrected chi connectivity index (χ3v) is 9.17. The molecule has 1 N–H and O–H groups in total. The van der Waals surface area contributed by atoms with Crippen LogP contribution in [0.4, 0.5) is 0 Å². The Morgan fingerprint density at radius 3 is 2.39 bits per heavy atom. The summed E-state index contributed by atoms with van der Waals surface area (Å²) in [5, 5.41) is 11.1. The fourth-order valence-corrected chi connectivity index (χ4v) is 8.35. The third kappa shape index (κ3) is 2.28. The summed E-state index contributed by atoms with van der Waals surface area (Å²) in [6.07, 6.45) is 10.8. The lowest BCUT2D eigenvalue weighted by Crippen LogP contribution is -2.57. The van der Waals surface area contributed by atoms with Gasteiger partial charge in [0.05, 0.1) is 6.10 Å². The molecule has 1 nitrogen and oxygen atoms in total. The highest BCUT2D eigenvalue weighted by Gasteiger charge is 2.62. The Kier molecular flexibility index (Phi) is 3.57. The Morgan fingerprint density at radius 2 is 1.65 bits per heavy atom. The van der Waals surface area contributed by atoms with Crippen molar-refractivity contribution in [3.63, 3.8) is 0 Å². The predicted molar refractivity (Wildman–Crippen MR) is 96.1 cm³/mol. The first kappa shape index (κ1) is 16.4. The third-order valence-electron chi connectivity index (χ3n) is 9.17. The molecule has 0 saturated heterocycles. The molecule has 0 heterocycles. The average Bonchev–Trinajstić information content (AvgIpc) is 2.69. The van der Waals surface area contributed by atoms with Gasteiger partial charge in [0.2, 0.25) is 0 Å². The summed E-state index contributed by atoms with van der Waals surface area (Å²) in [6, 6.07) is 0. The van der Waals surface area contributed by atoms with Crippen molar-refractivity contribution in [2.24, 2.45) is 45.8 Å². The van der Waals surface area contributed by atoms with E-state index in [1.807, 2.05) is 0 Å². The van der Waals surface area contributed by atoms with Crippen LogP contribution in [0.5, 0.6) is 0 Å². The maximum atomic E-state index is 11.1. The zero-order valence-electron chi connectivity index (χ0n) is 16.1. The van der Waals surface area contributed by atoms with Crippen molar-refractivity contribution in [2.75, 3.05) is 0 Å². The number of aliphatic hydroxyl groups is 1. The van der Waals surface area contributed by atoms with Crippen LogP contribution < -0.4 is 0 Å². The monoisotopic (exact) mass is 318 g/mol. The predicted octanol–water partition coefficient (Wildman–Crippen LogP) is 5.66. The van der Waals surface area contributed by atoms with Gasteiger partial charge in [-0.25, -0.2) is 0 Å². The lowest BCUT2D eigenvalue weighted by molar-refractivity contribution is -0.167. The minimum atomic E-state index is -0.0529. The van der Waals surface area contributed by atoms with Crippen LogP contribution in [0.2, 0.25) is 0 Å². The summed E-state index contributed by atoms with van der Waals surface area (Å²) in [7, 11) is 0. The van der Waals surface area contributed by atoms with Crippen molar-refractivity contribution in [3.8, 4) is 0 Å². The molecule has 3 unspecified atom stereocenters. The molecule has 8 atom stereocenters. The summed E-state index contributed by atoms with van der Waals surface area (Å²) in [4.78, 5) is 0. The van der Waals surface area contributed by atoms with Crippen LogP contribution >= 0.6 is 0 Å². The average molecular weight is 319 g/mol. The summed E-state index contributed by atoms with van der Waals surface area (Å²) < 4.78 is 0. The number of fused-ring (bicyclic) bond motifs is 5. The highest BCUT2D eigenvalue weighted by Crippen LogP contribution is 2.68. The smallest absolute Gasteiger partial charge is 0.0601 e. The van der Waals surface area contributed by atoms with Gasteiger partial charge < -0.3 is 5.11 Å². The van der Waals surface area contributed by atoms with Gasteiger partial charge in [-0.1, -0.05) is 34.6 Å². The second kappa shape index (κ2) is 4.99. The van der Waals surface area contributed by atoms with Crippen LogP contribution in [0.1, 0.15) is 86.0 Å². The van der Waals surface area contributed by atoms with Crippen molar-refractivity contribution in [2.45, 2.75) is 92.1 Å². The van der Waals surface area contributed by atoms with Crippen LogP contribution in [0.3, 0.4) is 0 Å². The van der Waals surface area contributed by atoms with E-state index in [4.69, 9.17) is 0 Å². The first-order valence-electron chi connectivity index (χ1n) is 10.3. The highest BCUT2D eigenvalue weighted by molar-refractivity contribution is 5.11. The normalized spacial score (nSPS) is 58.2. The van der Waals surface area contributed by atoms with Crippen LogP contribution in [0.25, 0.3) is 0 Å². The van der Waals surface area contributed by atoms with Crippen molar-refractivity contribution in [1.82, 2.24) is 0 Å². The van der Waals surface area contributed by atoms with Crippen LogP contribution in [-0.2, 0) is 0 Å². The standard InChI is InChI=1S/C22H38O/c1-14-10-15-6-7-16-17(22(15,5)19(23)11-14)8-9-21(4)13-20(2,3)12-18(16)21/h14-19,23H,6-13H2,1-5H3/t14?,15?,16-,17-,18+,19?,21-,22+/m1/s1. The Bertz CT molecular complexity index is 482. The molecule has 4 aliphatic carbocycles. The van der Waals surface area contributed by atoms with Crippen molar-refractivity contribution in [3.05, 3.63) is 0 Å². The molecule has 0 amide bonds. The van der Waals surface area contributed by atoms with E-state index in [1.54, 1.807) is 0 Å². The van der Waals surface area contributed by atoms with Gasteiger partial charge in [0, 0.05) is 0 Å². The first-order valence-corrected chi connectivity index (χ1v) is 10.3. The van der Waals surface area contributed by atoms with Gasteiger partial charge in [-0.05, 0) is 97.2 Å². The van der Waals surface area contributed by atoms with Gasteiger partial charge in [-0.3, -0.25) is 0 Å². The fraction of sp³-hybridized carbons (Fsp3) is 1.00. The lowest BCUT2D eigenvalue weighted by atomic mass is 9.44. The van der Waals surface area contributed by atoms with E-state index in [9.17, 15) is 5.11 Å². The minimum absolute atomic E-state index is 0.0529. The molecule has 4 aliphatic rings. The van der Waals surface area contributed by atoms with E-state index in [0.29, 0.717) is 10.8 Å². The van der Waals surface area contributed by atoms with Crippen LogP contribution in [0, 0.1) is 45.8 Å². The molecule has 4 fully saturated rings.